The molecule has 0 aliphatic carbocycles. The van der Waals surface area contributed by atoms with Gasteiger partial charge in [-0.15, -0.1) is 0 Å². The first-order chi connectivity index (χ1) is 7.86. The van der Waals surface area contributed by atoms with Crippen molar-refractivity contribution in [1.82, 2.24) is 15.2 Å². The van der Waals surface area contributed by atoms with E-state index in [4.69, 9.17) is 11.6 Å². The summed E-state index contributed by atoms with van der Waals surface area (Å²) in [6, 6.07) is 9.64. The Morgan fingerprint density at radius 2 is 2.00 bits per heavy atom. The predicted molar refractivity (Wildman–Crippen MR) is 64.3 cm³/mol. The normalized spacial score (nSPS) is 10.8. The van der Waals surface area contributed by atoms with Gasteiger partial charge in [0.2, 0.25) is 0 Å². The molecule has 0 unspecified atom stereocenters. The number of fused-ring (bicyclic) bond motifs is 1. The smallest absolute Gasteiger partial charge is 0.0973 e. The van der Waals surface area contributed by atoms with Gasteiger partial charge in [-0.1, -0.05) is 23.7 Å². The highest BCUT2D eigenvalue weighted by Crippen LogP contribution is 2.30. The van der Waals surface area contributed by atoms with Gasteiger partial charge in [-0.2, -0.15) is 5.10 Å². The molecule has 3 aromatic rings. The highest BCUT2D eigenvalue weighted by Gasteiger charge is 2.08. The Hall–Kier alpha value is -1.87. The largest absolute Gasteiger partial charge is 0.276 e. The van der Waals surface area contributed by atoms with Crippen molar-refractivity contribution in [3.63, 3.8) is 0 Å². The molecule has 4 heteroatoms. The maximum atomic E-state index is 6.20. The Balaban J connectivity index is 2.41. The average molecular weight is 230 g/mol. The van der Waals surface area contributed by atoms with E-state index in [2.05, 4.69) is 15.2 Å². The maximum absolute atomic E-state index is 6.20. The van der Waals surface area contributed by atoms with Gasteiger partial charge in [0, 0.05) is 17.8 Å². The Bertz CT molecular complexity index is 627. The highest BCUT2D eigenvalue weighted by atomic mass is 35.5. The summed E-state index contributed by atoms with van der Waals surface area (Å²) < 4.78 is 0. The molecule has 0 aliphatic rings. The highest BCUT2D eigenvalue weighted by molar-refractivity contribution is 6.36. The summed E-state index contributed by atoms with van der Waals surface area (Å²) in [4.78, 5) is 4.35. The lowest BCUT2D eigenvalue weighted by molar-refractivity contribution is 1.09. The summed E-state index contributed by atoms with van der Waals surface area (Å²) in [5, 5.41) is 9.56. The van der Waals surface area contributed by atoms with E-state index in [1.807, 2.05) is 30.3 Å². The Morgan fingerprint density at radius 3 is 2.81 bits per heavy atom. The zero-order valence-electron chi connectivity index (χ0n) is 8.31. The van der Waals surface area contributed by atoms with Crippen LogP contribution in [0.4, 0.5) is 0 Å². The van der Waals surface area contributed by atoms with Crippen molar-refractivity contribution in [1.29, 1.82) is 0 Å². The van der Waals surface area contributed by atoms with Crippen molar-refractivity contribution < 1.29 is 0 Å². The van der Waals surface area contributed by atoms with Crippen LogP contribution in [-0.4, -0.2) is 15.2 Å². The lowest BCUT2D eigenvalue weighted by Crippen LogP contribution is -1.87. The quantitative estimate of drug-likeness (QED) is 0.696. The number of hydrogen-bond acceptors (Lipinski definition) is 2. The summed E-state index contributed by atoms with van der Waals surface area (Å²) in [5.41, 5.74) is 1.71. The Morgan fingerprint density at radius 1 is 1.06 bits per heavy atom. The topological polar surface area (TPSA) is 41.6 Å². The van der Waals surface area contributed by atoms with Gasteiger partial charge in [-0.05, 0) is 23.6 Å². The molecule has 0 fully saturated rings. The standard InChI is InChI=1S/C12H8ClN3/c13-9-3-1-2-8-4-6-14-12(11(8)9)10-5-7-15-16-10/h1-7H,(H,15,16). The lowest BCUT2D eigenvalue weighted by atomic mass is 10.1. The van der Waals surface area contributed by atoms with Gasteiger partial charge in [0.05, 0.1) is 16.4 Å². The van der Waals surface area contributed by atoms with Gasteiger partial charge in [0.1, 0.15) is 0 Å². The van der Waals surface area contributed by atoms with Crippen molar-refractivity contribution in [2.45, 2.75) is 0 Å². The molecule has 16 heavy (non-hydrogen) atoms. The second-order valence-electron chi connectivity index (χ2n) is 3.47. The summed E-state index contributed by atoms with van der Waals surface area (Å²) in [5.74, 6) is 0. The molecule has 2 heterocycles. The number of halogens is 1. The summed E-state index contributed by atoms with van der Waals surface area (Å²) in [6.45, 7) is 0. The Labute approximate surface area is 97.1 Å². The van der Waals surface area contributed by atoms with Crippen molar-refractivity contribution >= 4 is 22.4 Å². The van der Waals surface area contributed by atoms with Crippen molar-refractivity contribution in [3.8, 4) is 11.4 Å². The van der Waals surface area contributed by atoms with Crippen molar-refractivity contribution in [3.05, 3.63) is 47.7 Å². The van der Waals surface area contributed by atoms with E-state index < -0.39 is 0 Å². The van der Waals surface area contributed by atoms with Crippen molar-refractivity contribution in [2.75, 3.05) is 0 Å². The third-order valence-corrected chi connectivity index (χ3v) is 2.81. The molecule has 1 N–H and O–H groups in total. The van der Waals surface area contributed by atoms with Crippen LogP contribution in [0.2, 0.25) is 5.02 Å². The van der Waals surface area contributed by atoms with Gasteiger partial charge in [0.15, 0.2) is 0 Å². The fourth-order valence-electron chi connectivity index (χ4n) is 1.78. The SMILES string of the molecule is Clc1cccc2ccnc(-c3ccn[nH]3)c12. The molecule has 3 nitrogen and oxygen atoms in total. The fourth-order valence-corrected chi connectivity index (χ4v) is 2.05. The van der Waals surface area contributed by atoms with E-state index in [9.17, 15) is 0 Å². The van der Waals surface area contributed by atoms with E-state index in [1.165, 1.54) is 0 Å². The third kappa shape index (κ3) is 1.37. The van der Waals surface area contributed by atoms with Gasteiger partial charge in [-0.25, -0.2) is 0 Å². The molecule has 0 atom stereocenters. The van der Waals surface area contributed by atoms with Gasteiger partial charge < -0.3 is 0 Å². The predicted octanol–water partition coefficient (Wildman–Crippen LogP) is 3.28. The van der Waals surface area contributed by atoms with Crippen LogP contribution in [0, 0.1) is 0 Å². The number of nitrogens with one attached hydrogen (secondary N) is 1. The minimum Gasteiger partial charge on any atom is -0.276 e. The van der Waals surface area contributed by atoms with Crippen molar-refractivity contribution in [2.24, 2.45) is 0 Å². The molecule has 0 amide bonds. The first-order valence-electron chi connectivity index (χ1n) is 4.89. The molecule has 0 saturated heterocycles. The summed E-state index contributed by atoms with van der Waals surface area (Å²) in [6.07, 6.45) is 3.47. The zero-order valence-corrected chi connectivity index (χ0v) is 9.07. The van der Waals surface area contributed by atoms with Crippen LogP contribution < -0.4 is 0 Å². The van der Waals surface area contributed by atoms with E-state index in [0.29, 0.717) is 5.02 Å². The molecule has 0 saturated carbocycles. The van der Waals surface area contributed by atoms with Crippen LogP contribution >= 0.6 is 11.6 Å². The molecular formula is C12H8ClN3. The molecule has 78 valence electrons. The summed E-state index contributed by atoms with van der Waals surface area (Å²) >= 11 is 6.20. The molecule has 3 rings (SSSR count). The molecule has 0 bridgehead atoms. The van der Waals surface area contributed by atoms with Crippen LogP contribution in [0.3, 0.4) is 0 Å². The van der Waals surface area contributed by atoms with Crippen LogP contribution in [0.25, 0.3) is 22.2 Å². The minimum absolute atomic E-state index is 0.704. The van der Waals surface area contributed by atoms with E-state index in [0.717, 1.165) is 22.2 Å². The number of nitrogens with zero attached hydrogens (tertiary/aromatic N) is 2. The fraction of sp³-hybridized carbons (Fsp3) is 0. The summed E-state index contributed by atoms with van der Waals surface area (Å²) in [7, 11) is 0. The van der Waals surface area contributed by atoms with Crippen LogP contribution in [0.1, 0.15) is 0 Å². The first kappa shape index (κ1) is 9.36. The molecule has 0 spiro atoms. The van der Waals surface area contributed by atoms with E-state index >= 15 is 0 Å². The number of aromatic nitrogens is 3. The van der Waals surface area contributed by atoms with E-state index in [1.54, 1.807) is 12.4 Å². The van der Waals surface area contributed by atoms with Gasteiger partial charge in [-0.3, -0.25) is 10.1 Å². The van der Waals surface area contributed by atoms with E-state index in [-0.39, 0.29) is 0 Å². The number of aromatic amines is 1. The van der Waals surface area contributed by atoms with Crippen LogP contribution in [0.15, 0.2) is 42.7 Å². The zero-order chi connectivity index (χ0) is 11.0. The second kappa shape index (κ2) is 3.61. The third-order valence-electron chi connectivity index (χ3n) is 2.50. The molecule has 0 aliphatic heterocycles. The maximum Gasteiger partial charge on any atom is 0.0973 e. The second-order valence-corrected chi connectivity index (χ2v) is 3.88. The molecule has 0 radical (unpaired) electrons. The van der Waals surface area contributed by atoms with Gasteiger partial charge >= 0.3 is 0 Å². The number of H-pyrrole nitrogens is 1. The van der Waals surface area contributed by atoms with Gasteiger partial charge in [0.25, 0.3) is 0 Å². The number of pyridine rings is 1. The monoisotopic (exact) mass is 229 g/mol. The molecular weight excluding hydrogens is 222 g/mol. The molecule has 2 aromatic heterocycles. The van der Waals surface area contributed by atoms with Crippen LogP contribution in [-0.2, 0) is 0 Å². The lowest BCUT2D eigenvalue weighted by Gasteiger charge is -2.04. The van der Waals surface area contributed by atoms with Crippen LogP contribution in [0.5, 0.6) is 0 Å². The number of hydrogen-bond donors (Lipinski definition) is 1. The number of benzene rings is 1. The Kier molecular flexibility index (Phi) is 2.11. The number of rotatable bonds is 1. The first-order valence-corrected chi connectivity index (χ1v) is 5.27. The molecule has 1 aromatic carbocycles. The minimum atomic E-state index is 0.704. The average Bonchev–Trinajstić information content (AvgIpc) is 2.82.